The molecule has 162 valence electrons. The minimum atomic E-state index is -0.661. The Labute approximate surface area is 167 Å². The predicted octanol–water partition coefficient (Wildman–Crippen LogP) is 3.54. The molecule has 0 aliphatic carbocycles. The van der Waals surface area contributed by atoms with Crippen LogP contribution >= 0.6 is 0 Å². The molecule has 1 amide bonds. The zero-order chi connectivity index (χ0) is 21.5. The van der Waals surface area contributed by atoms with E-state index in [1.54, 1.807) is 6.92 Å². The Kier molecular flexibility index (Phi) is 15.7. The van der Waals surface area contributed by atoms with Crippen molar-refractivity contribution >= 4 is 11.7 Å². The van der Waals surface area contributed by atoms with Gasteiger partial charge in [0.25, 0.3) is 0 Å². The van der Waals surface area contributed by atoms with Gasteiger partial charge >= 0.3 is 0 Å². The maximum Gasteiger partial charge on any atom is 0.220 e. The normalized spacial score (nSPS) is 12.8. The zero-order valence-electron chi connectivity index (χ0n) is 19.2. The lowest BCUT2D eigenvalue weighted by Gasteiger charge is -2.27. The molecule has 0 spiro atoms. The van der Waals surface area contributed by atoms with E-state index in [0.29, 0.717) is 32.6 Å². The van der Waals surface area contributed by atoms with E-state index in [-0.39, 0.29) is 23.0 Å². The molecule has 0 aromatic carbocycles. The van der Waals surface area contributed by atoms with Gasteiger partial charge in [0.15, 0.2) is 5.79 Å². The fraction of sp³-hybridized carbons (Fsp3) is 0.905. The Morgan fingerprint density at radius 1 is 1.00 bits per heavy atom. The summed E-state index contributed by atoms with van der Waals surface area (Å²) in [5.41, 5.74) is -0.0661. The van der Waals surface area contributed by atoms with E-state index in [2.05, 4.69) is 31.4 Å². The van der Waals surface area contributed by atoms with Gasteiger partial charge in [0, 0.05) is 25.9 Å². The Hall–Kier alpha value is -0.980. The average molecular weight is 389 g/mol. The highest BCUT2D eigenvalue weighted by atomic mass is 16.7. The molecule has 0 fully saturated rings. The van der Waals surface area contributed by atoms with Crippen LogP contribution in [0.4, 0.5) is 0 Å². The Bertz CT molecular complexity index is 409. The Balaban J connectivity index is 0. The molecule has 0 saturated carbocycles. The van der Waals surface area contributed by atoms with Gasteiger partial charge in [0.05, 0.1) is 13.2 Å². The third-order valence-electron chi connectivity index (χ3n) is 3.84. The predicted molar refractivity (Wildman–Crippen MR) is 112 cm³/mol. The van der Waals surface area contributed by atoms with Crippen molar-refractivity contribution in [2.45, 2.75) is 80.4 Å². The lowest BCUT2D eigenvalue weighted by atomic mass is 9.78. The van der Waals surface area contributed by atoms with Crippen molar-refractivity contribution in [3.8, 4) is 0 Å². The van der Waals surface area contributed by atoms with Crippen LogP contribution in [-0.2, 0) is 19.1 Å². The lowest BCUT2D eigenvalue weighted by Crippen LogP contribution is -2.35. The van der Waals surface area contributed by atoms with E-state index >= 15 is 0 Å². The maximum atomic E-state index is 12.0. The molecule has 27 heavy (non-hydrogen) atoms. The van der Waals surface area contributed by atoms with Gasteiger partial charge in [-0.15, -0.1) is 0 Å². The monoisotopic (exact) mass is 388 g/mol. The molecule has 1 unspecified atom stereocenters. The summed E-state index contributed by atoms with van der Waals surface area (Å²) in [6, 6.07) is 0. The van der Waals surface area contributed by atoms with Crippen LogP contribution in [0.25, 0.3) is 0 Å². The molecule has 0 radical (unpaired) electrons. The lowest BCUT2D eigenvalue weighted by molar-refractivity contribution is -0.211. The van der Waals surface area contributed by atoms with Crippen LogP contribution in [0.15, 0.2) is 0 Å². The van der Waals surface area contributed by atoms with E-state index in [0.717, 1.165) is 13.0 Å². The second-order valence-electron chi connectivity index (χ2n) is 8.11. The number of hydrogen-bond acceptors (Lipinski definition) is 5. The smallest absolute Gasteiger partial charge is 0.220 e. The van der Waals surface area contributed by atoms with Crippen LogP contribution in [0.1, 0.15) is 74.7 Å². The van der Waals surface area contributed by atoms with Crippen molar-refractivity contribution in [3.63, 3.8) is 0 Å². The molecule has 0 bridgehead atoms. The van der Waals surface area contributed by atoms with Crippen molar-refractivity contribution in [3.05, 3.63) is 0 Å². The van der Waals surface area contributed by atoms with Crippen molar-refractivity contribution in [2.75, 3.05) is 33.4 Å². The van der Waals surface area contributed by atoms with Crippen LogP contribution in [0.3, 0.4) is 0 Å². The molecule has 6 nitrogen and oxygen atoms in total. The molecular formula is C21H44N2O4. The summed E-state index contributed by atoms with van der Waals surface area (Å²) in [6.07, 6.45) is 1.86. The number of hydrogen-bond donors (Lipinski definition) is 2. The molecule has 0 aliphatic heterocycles. The number of carbonyl (C=O) groups is 2. The van der Waals surface area contributed by atoms with E-state index in [1.807, 2.05) is 34.7 Å². The molecule has 0 aromatic rings. The van der Waals surface area contributed by atoms with Gasteiger partial charge in [0.1, 0.15) is 5.78 Å². The summed E-state index contributed by atoms with van der Waals surface area (Å²) in [5.74, 6) is -0.218. The number of amides is 1. The van der Waals surface area contributed by atoms with Gasteiger partial charge < -0.3 is 24.9 Å². The van der Waals surface area contributed by atoms with E-state index in [4.69, 9.17) is 9.47 Å². The topological polar surface area (TPSA) is 76.7 Å². The number of carbonyl (C=O) groups excluding carboxylic acids is 2. The van der Waals surface area contributed by atoms with Crippen LogP contribution in [-0.4, -0.2) is 50.8 Å². The molecule has 1 atom stereocenters. The summed E-state index contributed by atoms with van der Waals surface area (Å²) < 4.78 is 11.3. The number of rotatable bonds is 14. The molecule has 0 aromatic heterocycles. The summed E-state index contributed by atoms with van der Waals surface area (Å²) >= 11 is 0. The van der Waals surface area contributed by atoms with Gasteiger partial charge in [-0.05, 0) is 45.6 Å². The highest BCUT2D eigenvalue weighted by molar-refractivity contribution is 5.76. The highest BCUT2D eigenvalue weighted by Crippen LogP contribution is 2.30. The van der Waals surface area contributed by atoms with Gasteiger partial charge in [0.2, 0.25) is 5.91 Å². The first-order valence-electron chi connectivity index (χ1n) is 10.2. The standard InChI is InChI=1S/C19H38N2O4.C2H6/c1-15(13-18(3,4)14-16(2)22)12-17(23)21-9-11-25-19(5,6)24-10-8-20-7;1-2/h15,20H,8-14H2,1-7H3,(H,21,23);1-2H3. The number of ether oxygens (including phenoxy) is 2. The first-order chi connectivity index (χ1) is 12.5. The molecule has 6 heteroatoms. The van der Waals surface area contributed by atoms with Crippen LogP contribution in [0.5, 0.6) is 0 Å². The second-order valence-corrected chi connectivity index (χ2v) is 8.11. The molecule has 2 N–H and O–H groups in total. The SMILES string of the molecule is CC.CNCCOC(C)(C)OCCNC(=O)CC(C)CC(C)(C)CC(C)=O. The molecule has 0 rings (SSSR count). The fourth-order valence-electron chi connectivity index (χ4n) is 3.08. The first-order valence-corrected chi connectivity index (χ1v) is 10.2. The quantitative estimate of drug-likeness (QED) is 0.352. The summed E-state index contributed by atoms with van der Waals surface area (Å²) in [4.78, 5) is 23.3. The minimum Gasteiger partial charge on any atom is -0.354 e. The highest BCUT2D eigenvalue weighted by Gasteiger charge is 2.24. The van der Waals surface area contributed by atoms with Gasteiger partial charge in [-0.2, -0.15) is 0 Å². The van der Waals surface area contributed by atoms with E-state index in [1.165, 1.54) is 0 Å². The number of ketones is 1. The number of likely N-dealkylation sites (N-methyl/N-ethyl adjacent to an activating group) is 1. The maximum absolute atomic E-state index is 12.0. The second kappa shape index (κ2) is 15.0. The first kappa shape index (κ1) is 28.2. The third kappa shape index (κ3) is 18.2. The average Bonchev–Trinajstić information content (AvgIpc) is 2.51. The Morgan fingerprint density at radius 3 is 2.00 bits per heavy atom. The number of nitrogens with one attached hydrogen (secondary N) is 2. The molecular weight excluding hydrogens is 344 g/mol. The minimum absolute atomic E-state index is 0.0173. The Morgan fingerprint density at radius 2 is 1.52 bits per heavy atom. The summed E-state index contributed by atoms with van der Waals surface area (Å²) in [6.45, 7) is 17.8. The largest absolute Gasteiger partial charge is 0.354 e. The molecule has 0 saturated heterocycles. The van der Waals surface area contributed by atoms with Crippen molar-refractivity contribution in [2.24, 2.45) is 11.3 Å². The van der Waals surface area contributed by atoms with Gasteiger partial charge in [-0.3, -0.25) is 4.79 Å². The summed E-state index contributed by atoms with van der Waals surface area (Å²) in [7, 11) is 1.87. The summed E-state index contributed by atoms with van der Waals surface area (Å²) in [5, 5.41) is 5.89. The van der Waals surface area contributed by atoms with Crippen molar-refractivity contribution in [1.29, 1.82) is 0 Å². The third-order valence-corrected chi connectivity index (χ3v) is 3.84. The van der Waals surface area contributed by atoms with Gasteiger partial charge in [-0.25, -0.2) is 0 Å². The zero-order valence-corrected chi connectivity index (χ0v) is 19.2. The van der Waals surface area contributed by atoms with E-state index in [9.17, 15) is 9.59 Å². The number of Topliss-reactive ketones (excluding diaryl/α,β-unsaturated/α-hetero) is 1. The fourth-order valence-corrected chi connectivity index (χ4v) is 3.08. The van der Waals surface area contributed by atoms with Gasteiger partial charge in [-0.1, -0.05) is 34.6 Å². The van der Waals surface area contributed by atoms with E-state index < -0.39 is 5.79 Å². The molecule has 0 aliphatic rings. The van der Waals surface area contributed by atoms with Crippen LogP contribution < -0.4 is 10.6 Å². The van der Waals surface area contributed by atoms with Crippen LogP contribution in [0.2, 0.25) is 0 Å². The van der Waals surface area contributed by atoms with Crippen molar-refractivity contribution in [1.82, 2.24) is 10.6 Å². The van der Waals surface area contributed by atoms with Crippen molar-refractivity contribution < 1.29 is 19.1 Å². The van der Waals surface area contributed by atoms with Crippen LogP contribution in [0, 0.1) is 11.3 Å². The molecule has 0 heterocycles.